The third kappa shape index (κ3) is 2.82. The van der Waals surface area contributed by atoms with Gasteiger partial charge in [0.05, 0.1) is 4.92 Å². The van der Waals surface area contributed by atoms with Gasteiger partial charge in [0, 0.05) is 17.5 Å². The SMILES string of the molecule is Nc1ccc(C(=O)Nc2nnc(C3CC3)s2)cc1[N+](=O)[O-]. The molecule has 0 aliphatic heterocycles. The molecule has 1 aliphatic rings. The van der Waals surface area contributed by atoms with Crippen LogP contribution in [0, 0.1) is 10.1 Å². The zero-order valence-corrected chi connectivity index (χ0v) is 11.6. The van der Waals surface area contributed by atoms with Crippen molar-refractivity contribution in [1.82, 2.24) is 10.2 Å². The molecule has 0 bridgehead atoms. The van der Waals surface area contributed by atoms with E-state index in [0.29, 0.717) is 11.0 Å². The maximum Gasteiger partial charge on any atom is 0.292 e. The Labute approximate surface area is 123 Å². The maximum absolute atomic E-state index is 12.1. The first-order chi connectivity index (χ1) is 10.0. The molecule has 1 fully saturated rings. The first-order valence-electron chi connectivity index (χ1n) is 6.23. The number of anilines is 2. The number of benzene rings is 1. The van der Waals surface area contributed by atoms with Crippen molar-refractivity contribution >= 4 is 33.8 Å². The second-order valence-corrected chi connectivity index (χ2v) is 5.71. The van der Waals surface area contributed by atoms with Gasteiger partial charge < -0.3 is 5.73 Å². The summed E-state index contributed by atoms with van der Waals surface area (Å²) in [5.41, 5.74) is 5.37. The fourth-order valence-corrected chi connectivity index (χ4v) is 2.70. The van der Waals surface area contributed by atoms with E-state index in [9.17, 15) is 14.9 Å². The molecule has 21 heavy (non-hydrogen) atoms. The largest absolute Gasteiger partial charge is 0.393 e. The van der Waals surface area contributed by atoms with E-state index in [4.69, 9.17) is 5.73 Å². The number of nitro groups is 1. The van der Waals surface area contributed by atoms with Gasteiger partial charge in [-0.15, -0.1) is 10.2 Å². The third-order valence-corrected chi connectivity index (χ3v) is 4.08. The van der Waals surface area contributed by atoms with Crippen LogP contribution in [0.15, 0.2) is 18.2 Å². The Morgan fingerprint density at radius 2 is 2.19 bits per heavy atom. The van der Waals surface area contributed by atoms with E-state index in [1.54, 1.807) is 0 Å². The minimum Gasteiger partial charge on any atom is -0.393 e. The molecule has 1 heterocycles. The number of amides is 1. The summed E-state index contributed by atoms with van der Waals surface area (Å²) in [6, 6.07) is 3.91. The van der Waals surface area contributed by atoms with Gasteiger partial charge in [-0.05, 0) is 25.0 Å². The minimum absolute atomic E-state index is 0.0171. The molecule has 0 radical (unpaired) electrons. The predicted molar refractivity (Wildman–Crippen MR) is 77.3 cm³/mol. The molecular formula is C12H11N5O3S. The first-order valence-corrected chi connectivity index (χ1v) is 7.05. The molecule has 3 rings (SSSR count). The normalized spacial score (nSPS) is 13.9. The quantitative estimate of drug-likeness (QED) is 0.506. The lowest BCUT2D eigenvalue weighted by atomic mass is 10.1. The van der Waals surface area contributed by atoms with Crippen LogP contribution >= 0.6 is 11.3 Å². The van der Waals surface area contributed by atoms with Crippen LogP contribution in [0.3, 0.4) is 0 Å². The lowest BCUT2D eigenvalue weighted by molar-refractivity contribution is -0.383. The molecule has 0 spiro atoms. The average Bonchev–Trinajstić information content (AvgIpc) is 3.19. The molecule has 0 atom stereocenters. The van der Waals surface area contributed by atoms with Crippen LogP contribution in [0.1, 0.15) is 34.1 Å². The molecule has 1 amide bonds. The van der Waals surface area contributed by atoms with Crippen LogP contribution < -0.4 is 11.1 Å². The van der Waals surface area contributed by atoms with Crippen LogP contribution in [0.25, 0.3) is 0 Å². The first kappa shape index (κ1) is 13.4. The third-order valence-electron chi connectivity index (χ3n) is 3.08. The van der Waals surface area contributed by atoms with Crippen molar-refractivity contribution in [2.75, 3.05) is 11.1 Å². The smallest absolute Gasteiger partial charge is 0.292 e. The number of hydrogen-bond donors (Lipinski definition) is 2. The van der Waals surface area contributed by atoms with E-state index >= 15 is 0 Å². The molecule has 3 N–H and O–H groups in total. The Kier molecular flexibility index (Phi) is 3.26. The van der Waals surface area contributed by atoms with Gasteiger partial charge in [-0.1, -0.05) is 11.3 Å². The Hall–Kier alpha value is -2.55. The van der Waals surface area contributed by atoms with Crippen molar-refractivity contribution in [1.29, 1.82) is 0 Å². The zero-order valence-electron chi connectivity index (χ0n) is 10.8. The highest BCUT2D eigenvalue weighted by Gasteiger charge is 2.28. The maximum atomic E-state index is 12.1. The number of nitro benzene ring substituents is 1. The van der Waals surface area contributed by atoms with Crippen molar-refractivity contribution < 1.29 is 9.72 Å². The highest BCUT2D eigenvalue weighted by Crippen LogP contribution is 2.42. The molecule has 1 aliphatic carbocycles. The summed E-state index contributed by atoms with van der Waals surface area (Å²) in [5, 5.41) is 22.6. The lowest BCUT2D eigenvalue weighted by Crippen LogP contribution is -2.12. The van der Waals surface area contributed by atoms with Crippen LogP contribution in [0.2, 0.25) is 0 Å². The Morgan fingerprint density at radius 1 is 1.43 bits per heavy atom. The van der Waals surface area contributed by atoms with Gasteiger partial charge >= 0.3 is 0 Å². The predicted octanol–water partition coefficient (Wildman–Crippen LogP) is 2.16. The number of nitrogens with zero attached hydrogens (tertiary/aromatic N) is 3. The number of hydrogen-bond acceptors (Lipinski definition) is 7. The molecule has 1 saturated carbocycles. The number of aromatic nitrogens is 2. The number of carbonyl (C=O) groups is 1. The summed E-state index contributed by atoms with van der Waals surface area (Å²) in [7, 11) is 0. The summed E-state index contributed by atoms with van der Waals surface area (Å²) < 4.78 is 0. The standard InChI is InChI=1S/C12H11N5O3S/c13-8-4-3-7(5-9(8)17(19)20)10(18)14-12-16-15-11(21-12)6-1-2-6/h3-6H,1-2,13H2,(H,14,16,18). The van der Waals surface area contributed by atoms with E-state index in [0.717, 1.165) is 23.9 Å². The van der Waals surface area contributed by atoms with Crippen LogP contribution in [0.5, 0.6) is 0 Å². The second kappa shape index (κ2) is 5.09. The van der Waals surface area contributed by atoms with Crippen molar-refractivity contribution in [3.05, 3.63) is 38.9 Å². The van der Waals surface area contributed by atoms with Crippen molar-refractivity contribution in [3.63, 3.8) is 0 Å². The van der Waals surface area contributed by atoms with Gasteiger partial charge in [0.15, 0.2) is 0 Å². The molecule has 1 aromatic heterocycles. The molecule has 9 heteroatoms. The second-order valence-electron chi connectivity index (χ2n) is 4.70. The Morgan fingerprint density at radius 3 is 2.86 bits per heavy atom. The molecule has 2 aromatic rings. The molecule has 0 saturated heterocycles. The zero-order chi connectivity index (χ0) is 15.0. The number of carbonyl (C=O) groups excluding carboxylic acids is 1. The van der Waals surface area contributed by atoms with Crippen molar-refractivity contribution in [2.45, 2.75) is 18.8 Å². The summed E-state index contributed by atoms with van der Waals surface area (Å²) in [6.07, 6.45) is 2.21. The molecule has 0 unspecified atom stereocenters. The highest BCUT2D eigenvalue weighted by molar-refractivity contribution is 7.15. The number of nitrogens with two attached hydrogens (primary N) is 1. The summed E-state index contributed by atoms with van der Waals surface area (Å²) in [4.78, 5) is 22.3. The monoisotopic (exact) mass is 305 g/mol. The lowest BCUT2D eigenvalue weighted by Gasteiger charge is -2.02. The fourth-order valence-electron chi connectivity index (χ4n) is 1.79. The van der Waals surface area contributed by atoms with Gasteiger partial charge in [-0.2, -0.15) is 0 Å². The van der Waals surface area contributed by atoms with Crippen LogP contribution in [-0.4, -0.2) is 21.0 Å². The molecular weight excluding hydrogens is 294 g/mol. The van der Waals surface area contributed by atoms with E-state index in [2.05, 4.69) is 15.5 Å². The Balaban J connectivity index is 1.77. The average molecular weight is 305 g/mol. The highest BCUT2D eigenvalue weighted by atomic mass is 32.1. The summed E-state index contributed by atoms with van der Waals surface area (Å²) >= 11 is 1.33. The van der Waals surface area contributed by atoms with Crippen LogP contribution in [0.4, 0.5) is 16.5 Å². The fraction of sp³-hybridized carbons (Fsp3) is 0.250. The van der Waals surface area contributed by atoms with Gasteiger partial charge in [0.1, 0.15) is 10.7 Å². The van der Waals surface area contributed by atoms with Gasteiger partial charge in [-0.3, -0.25) is 20.2 Å². The number of rotatable bonds is 4. The minimum atomic E-state index is -0.623. The van der Waals surface area contributed by atoms with Crippen molar-refractivity contribution in [3.8, 4) is 0 Å². The van der Waals surface area contributed by atoms with E-state index in [1.807, 2.05) is 0 Å². The van der Waals surface area contributed by atoms with E-state index in [-0.39, 0.29) is 16.9 Å². The van der Waals surface area contributed by atoms with Gasteiger partial charge in [0.25, 0.3) is 11.6 Å². The topological polar surface area (TPSA) is 124 Å². The van der Waals surface area contributed by atoms with E-state index in [1.165, 1.54) is 23.5 Å². The Bertz CT molecular complexity index is 725. The van der Waals surface area contributed by atoms with Crippen molar-refractivity contribution in [2.24, 2.45) is 0 Å². The number of nitrogen functional groups attached to an aromatic ring is 1. The summed E-state index contributed by atoms with van der Waals surface area (Å²) in [6.45, 7) is 0. The number of nitrogens with one attached hydrogen (secondary N) is 1. The molecule has 108 valence electrons. The summed E-state index contributed by atoms with van der Waals surface area (Å²) in [5.74, 6) is -0.0117. The van der Waals surface area contributed by atoms with Gasteiger partial charge in [-0.25, -0.2) is 0 Å². The molecule has 1 aromatic carbocycles. The van der Waals surface area contributed by atoms with E-state index < -0.39 is 10.8 Å². The van der Waals surface area contributed by atoms with Gasteiger partial charge in [0.2, 0.25) is 5.13 Å². The molecule has 8 nitrogen and oxygen atoms in total. The van der Waals surface area contributed by atoms with Crippen LogP contribution in [-0.2, 0) is 0 Å².